The number of amides is 1. The second kappa shape index (κ2) is 10.4. The van der Waals surface area contributed by atoms with Crippen molar-refractivity contribution in [3.63, 3.8) is 0 Å². The summed E-state index contributed by atoms with van der Waals surface area (Å²) in [5.74, 6) is 0.0942. The lowest BCUT2D eigenvalue weighted by Gasteiger charge is -2.11. The number of nitro groups is 1. The molecule has 0 spiro atoms. The molecular weight excluding hydrogens is 508 g/mol. The summed E-state index contributed by atoms with van der Waals surface area (Å²) in [7, 11) is 1.56. The first-order valence-corrected chi connectivity index (χ1v) is 12.0. The third-order valence-corrected chi connectivity index (χ3v) is 6.51. The van der Waals surface area contributed by atoms with Crippen LogP contribution in [0.1, 0.15) is 11.1 Å². The Balaban J connectivity index is 1.51. The monoisotopic (exact) mass is 526 g/mol. The second-order valence-electron chi connectivity index (χ2n) is 7.92. The molecule has 2 heterocycles. The molecule has 0 unspecified atom stereocenters. The molecule has 3 aromatic carbocycles. The number of para-hydroxylation sites is 1. The van der Waals surface area contributed by atoms with Gasteiger partial charge in [0.2, 0.25) is 10.6 Å². The minimum absolute atomic E-state index is 0.0566. The van der Waals surface area contributed by atoms with Crippen molar-refractivity contribution in [1.82, 2.24) is 4.98 Å². The maximum atomic E-state index is 13.3. The molecule has 0 aliphatic heterocycles. The lowest BCUT2D eigenvalue weighted by Crippen LogP contribution is -2.24. The van der Waals surface area contributed by atoms with Crippen molar-refractivity contribution < 1.29 is 18.9 Å². The van der Waals surface area contributed by atoms with Gasteiger partial charge in [0, 0.05) is 18.2 Å². The van der Waals surface area contributed by atoms with Gasteiger partial charge in [-0.1, -0.05) is 23.5 Å². The van der Waals surface area contributed by atoms with E-state index >= 15 is 0 Å². The summed E-state index contributed by atoms with van der Waals surface area (Å²) in [5.41, 5.74) is 1.47. The third kappa shape index (κ3) is 5.04. The zero-order chi connectivity index (χ0) is 26.6. The van der Waals surface area contributed by atoms with Crippen LogP contribution < -0.4 is 15.2 Å². The van der Waals surface area contributed by atoms with Gasteiger partial charge in [0.15, 0.2) is 0 Å². The Morgan fingerprint density at radius 3 is 2.71 bits per heavy atom. The van der Waals surface area contributed by atoms with E-state index in [1.54, 1.807) is 49.6 Å². The molecule has 0 N–H and O–H groups in total. The van der Waals surface area contributed by atoms with Gasteiger partial charge in [-0.05, 0) is 54.1 Å². The van der Waals surface area contributed by atoms with E-state index in [0.29, 0.717) is 27.8 Å². The number of anilines is 1. The first-order chi connectivity index (χ1) is 18.4. The van der Waals surface area contributed by atoms with E-state index in [-0.39, 0.29) is 21.8 Å². The number of carbonyl (C=O) groups is 1. The predicted octanol–water partition coefficient (Wildman–Crippen LogP) is 5.40. The first-order valence-electron chi connectivity index (χ1n) is 11.2. The van der Waals surface area contributed by atoms with Gasteiger partial charge in [0.1, 0.15) is 17.6 Å². The number of hydrogen-bond acceptors (Lipinski definition) is 9. The minimum atomic E-state index is -0.546. The van der Waals surface area contributed by atoms with Crippen LogP contribution in [-0.4, -0.2) is 29.1 Å². The van der Waals surface area contributed by atoms with Crippen LogP contribution in [0.5, 0.6) is 5.75 Å². The number of ether oxygens (including phenoxy) is 1. The van der Waals surface area contributed by atoms with Crippen LogP contribution in [0.4, 0.5) is 10.8 Å². The number of nitrogens with zero attached hydrogens (tertiary/aromatic N) is 4. The highest BCUT2D eigenvalue weighted by molar-refractivity contribution is 7.22. The molecule has 0 radical (unpaired) electrons. The van der Waals surface area contributed by atoms with Crippen molar-refractivity contribution in [3.8, 4) is 5.75 Å². The molecule has 0 fully saturated rings. The van der Waals surface area contributed by atoms with Crippen LogP contribution in [0.3, 0.4) is 0 Å². The molecule has 0 saturated heterocycles. The molecule has 0 aliphatic carbocycles. The van der Waals surface area contributed by atoms with Gasteiger partial charge in [0.25, 0.3) is 11.6 Å². The van der Waals surface area contributed by atoms with Crippen LogP contribution in [-0.2, 0) is 4.79 Å². The molecule has 0 aliphatic rings. The summed E-state index contributed by atoms with van der Waals surface area (Å²) in [5, 5.41) is 16.9. The number of hydrazone groups is 1. The normalized spacial score (nSPS) is 11.5. The van der Waals surface area contributed by atoms with Crippen molar-refractivity contribution in [2.24, 2.45) is 5.10 Å². The highest BCUT2D eigenvalue weighted by atomic mass is 32.1. The van der Waals surface area contributed by atoms with Crippen LogP contribution in [0.25, 0.3) is 27.3 Å². The first kappa shape index (κ1) is 24.5. The maximum Gasteiger partial charge on any atom is 0.273 e. The van der Waals surface area contributed by atoms with Crippen LogP contribution >= 0.6 is 11.3 Å². The zero-order valence-electron chi connectivity index (χ0n) is 19.8. The van der Waals surface area contributed by atoms with E-state index in [2.05, 4.69) is 10.1 Å². The summed E-state index contributed by atoms with van der Waals surface area (Å²) < 4.78 is 11.6. The Labute approximate surface area is 218 Å². The van der Waals surface area contributed by atoms with Gasteiger partial charge in [-0.25, -0.2) is 4.98 Å². The minimum Gasteiger partial charge on any atom is -0.497 e. The quantitative estimate of drug-likeness (QED) is 0.120. The Bertz CT molecular complexity index is 1790. The molecule has 10 nitrogen and oxygen atoms in total. The number of hydrogen-bond donors (Lipinski definition) is 0. The fraction of sp³-hybridized carbons (Fsp3) is 0.0370. The number of benzene rings is 3. The Morgan fingerprint density at radius 2 is 1.95 bits per heavy atom. The van der Waals surface area contributed by atoms with Crippen molar-refractivity contribution >= 4 is 61.5 Å². The largest absolute Gasteiger partial charge is 0.497 e. The summed E-state index contributed by atoms with van der Waals surface area (Å²) in [4.78, 5) is 41.1. The Morgan fingerprint density at radius 1 is 1.16 bits per heavy atom. The number of carbonyl (C=O) groups excluding carboxylic acids is 1. The zero-order valence-corrected chi connectivity index (χ0v) is 20.6. The summed E-state index contributed by atoms with van der Waals surface area (Å²) in [6.07, 6.45) is 5.32. The van der Waals surface area contributed by atoms with Crippen molar-refractivity contribution in [1.29, 1.82) is 0 Å². The Kier molecular flexibility index (Phi) is 6.74. The number of rotatable bonds is 7. The van der Waals surface area contributed by atoms with Gasteiger partial charge in [-0.3, -0.25) is 19.7 Å². The average Bonchev–Trinajstić information content (AvgIpc) is 3.36. The molecule has 1 amide bonds. The SMILES string of the molecule is COc1ccc2nc(N(/N=C/c3coc4ccccc4c3=O)C(=O)/C=C/c3ccc([N+](=O)[O-])cc3)sc2c1. The molecule has 0 atom stereocenters. The Hall–Kier alpha value is -5.16. The second-order valence-corrected chi connectivity index (χ2v) is 8.93. The maximum absolute atomic E-state index is 13.3. The van der Waals surface area contributed by atoms with Crippen LogP contribution in [0.15, 0.2) is 93.4 Å². The van der Waals surface area contributed by atoms with Gasteiger partial charge in [-0.2, -0.15) is 10.1 Å². The standard InChI is InChI=1S/C27H18N4O6S/c1-36-20-11-12-22-24(14-20)38-27(29-22)30(25(32)13-8-17-6-9-19(10-7-17)31(34)35)28-15-18-16-37-23-5-3-2-4-21(23)26(18)33/h2-16H,1H3/b13-8+,28-15+. The highest BCUT2D eigenvalue weighted by Gasteiger charge is 2.18. The average molecular weight is 527 g/mol. The van der Waals surface area contributed by atoms with E-state index in [4.69, 9.17) is 9.15 Å². The number of fused-ring (bicyclic) bond motifs is 2. The van der Waals surface area contributed by atoms with E-state index in [1.165, 1.54) is 60.2 Å². The topological polar surface area (TPSA) is 128 Å². The summed E-state index contributed by atoms with van der Waals surface area (Å²) in [6, 6.07) is 17.9. The predicted molar refractivity (Wildman–Crippen MR) is 146 cm³/mol. The smallest absolute Gasteiger partial charge is 0.273 e. The van der Waals surface area contributed by atoms with E-state index < -0.39 is 10.8 Å². The fourth-order valence-electron chi connectivity index (χ4n) is 3.56. The summed E-state index contributed by atoms with van der Waals surface area (Å²) >= 11 is 1.22. The lowest BCUT2D eigenvalue weighted by atomic mass is 10.2. The molecule has 11 heteroatoms. The van der Waals surface area contributed by atoms with E-state index in [1.807, 2.05) is 0 Å². The molecule has 5 rings (SSSR count). The van der Waals surface area contributed by atoms with Crippen molar-refractivity contribution in [2.45, 2.75) is 0 Å². The molecule has 0 saturated carbocycles. The van der Waals surface area contributed by atoms with Crippen LogP contribution in [0.2, 0.25) is 0 Å². The van der Waals surface area contributed by atoms with Crippen molar-refractivity contribution in [2.75, 3.05) is 12.1 Å². The molecule has 0 bridgehead atoms. The third-order valence-electron chi connectivity index (χ3n) is 5.52. The van der Waals surface area contributed by atoms with E-state index in [9.17, 15) is 19.7 Å². The number of methoxy groups -OCH3 is 1. The van der Waals surface area contributed by atoms with Gasteiger partial charge < -0.3 is 9.15 Å². The van der Waals surface area contributed by atoms with Gasteiger partial charge >= 0.3 is 0 Å². The molecule has 2 aromatic heterocycles. The highest BCUT2D eigenvalue weighted by Crippen LogP contribution is 2.32. The molecular formula is C27H18N4O6S. The molecule has 188 valence electrons. The van der Waals surface area contributed by atoms with Gasteiger partial charge in [-0.15, -0.1) is 0 Å². The van der Waals surface area contributed by atoms with E-state index in [0.717, 1.165) is 9.71 Å². The van der Waals surface area contributed by atoms with Crippen molar-refractivity contribution in [3.05, 3.63) is 111 Å². The lowest BCUT2D eigenvalue weighted by molar-refractivity contribution is -0.384. The fourth-order valence-corrected chi connectivity index (χ4v) is 4.52. The number of nitro benzene ring substituents is 1. The molecule has 38 heavy (non-hydrogen) atoms. The number of aromatic nitrogens is 1. The molecule has 5 aromatic rings. The number of non-ortho nitro benzene ring substituents is 1. The number of thiazole rings is 1. The summed E-state index contributed by atoms with van der Waals surface area (Å²) in [6.45, 7) is 0. The van der Waals surface area contributed by atoms with Gasteiger partial charge in [0.05, 0.1) is 39.4 Å². The van der Waals surface area contributed by atoms with Crippen LogP contribution in [0, 0.1) is 10.1 Å².